The van der Waals surface area contributed by atoms with Crippen LogP contribution >= 0.6 is 0 Å². The normalized spacial score (nSPS) is 14.6. The molecule has 0 N–H and O–H groups in total. The second-order valence-corrected chi connectivity index (χ2v) is 10.6. The van der Waals surface area contributed by atoms with Crippen LogP contribution in [0.4, 0.5) is 13.2 Å². The summed E-state index contributed by atoms with van der Waals surface area (Å²) in [5, 5.41) is 0. The van der Waals surface area contributed by atoms with Crippen molar-refractivity contribution in [2.24, 2.45) is 0 Å². The number of unbranched alkanes of at least 4 members (excludes halogenated alkanes) is 5. The van der Waals surface area contributed by atoms with E-state index in [4.69, 9.17) is 4.98 Å². The van der Waals surface area contributed by atoms with E-state index in [1.807, 2.05) is 19.9 Å². The minimum absolute atomic E-state index is 0.0970. The molecule has 0 saturated carbocycles. The number of alkyl halides is 3. The molecule has 0 saturated heterocycles. The monoisotopic (exact) mass is 464 g/mol. The van der Waals surface area contributed by atoms with Crippen LogP contribution in [-0.2, 0) is 17.0 Å². The highest BCUT2D eigenvalue weighted by Crippen LogP contribution is 2.42. The van der Waals surface area contributed by atoms with Crippen LogP contribution in [0, 0.1) is 0 Å². The average Bonchev–Trinajstić information content (AvgIpc) is 2.75. The molecule has 33 heavy (non-hydrogen) atoms. The van der Waals surface area contributed by atoms with Crippen LogP contribution < -0.4 is 0 Å². The summed E-state index contributed by atoms with van der Waals surface area (Å²) in [7, 11) is 0. The highest BCUT2D eigenvalue weighted by Gasteiger charge is 2.41. The number of benzene rings is 1. The maximum absolute atomic E-state index is 14.1. The van der Waals surface area contributed by atoms with E-state index in [0.29, 0.717) is 17.5 Å². The Morgan fingerprint density at radius 1 is 0.697 bits per heavy atom. The molecule has 0 bridgehead atoms. The molecule has 1 aromatic heterocycles. The molecule has 1 atom stereocenters. The van der Waals surface area contributed by atoms with Gasteiger partial charge in [-0.3, -0.25) is 0 Å². The van der Waals surface area contributed by atoms with Crippen molar-refractivity contribution in [2.75, 3.05) is 0 Å². The number of hydrogen-bond donors (Lipinski definition) is 0. The van der Waals surface area contributed by atoms with Crippen molar-refractivity contribution in [2.45, 2.75) is 129 Å². The quantitative estimate of drug-likeness (QED) is 0.276. The molecular formula is C28H43F3N2. The Hall–Kier alpha value is -1.65. The number of rotatable bonds is 13. The molecule has 1 unspecified atom stereocenters. The first-order chi connectivity index (χ1) is 15.5. The SMILES string of the molecule is CCCCCCCC(C)(C)c1nc2c(C(C)(CCC)CCCC)cccc2nc1C(F)(F)F. The van der Waals surface area contributed by atoms with E-state index in [0.717, 1.165) is 63.4 Å². The fourth-order valence-corrected chi connectivity index (χ4v) is 5.04. The first-order valence-corrected chi connectivity index (χ1v) is 12.9. The third-order valence-electron chi connectivity index (χ3n) is 7.04. The fourth-order valence-electron chi connectivity index (χ4n) is 5.04. The Bertz CT molecular complexity index is 889. The summed E-state index contributed by atoms with van der Waals surface area (Å²) in [4.78, 5) is 9.00. The topological polar surface area (TPSA) is 25.8 Å². The predicted octanol–water partition coefficient (Wildman–Crippen LogP) is 9.53. The lowest BCUT2D eigenvalue weighted by molar-refractivity contribution is -0.142. The van der Waals surface area contributed by atoms with Gasteiger partial charge in [0, 0.05) is 5.41 Å². The molecule has 2 rings (SSSR count). The largest absolute Gasteiger partial charge is 0.435 e. The number of nitrogens with zero attached hydrogens (tertiary/aromatic N) is 2. The molecule has 1 aromatic carbocycles. The van der Waals surface area contributed by atoms with Crippen molar-refractivity contribution < 1.29 is 13.2 Å². The van der Waals surface area contributed by atoms with E-state index < -0.39 is 17.3 Å². The molecule has 0 fully saturated rings. The molecule has 0 aliphatic heterocycles. The maximum Gasteiger partial charge on any atom is 0.435 e. The Balaban J connectivity index is 2.62. The van der Waals surface area contributed by atoms with E-state index in [2.05, 4.69) is 38.7 Å². The minimum atomic E-state index is -4.53. The van der Waals surface area contributed by atoms with Gasteiger partial charge in [0.25, 0.3) is 0 Å². The van der Waals surface area contributed by atoms with Gasteiger partial charge in [0.2, 0.25) is 0 Å². The Morgan fingerprint density at radius 3 is 1.97 bits per heavy atom. The molecular weight excluding hydrogens is 421 g/mol. The molecule has 186 valence electrons. The summed E-state index contributed by atoms with van der Waals surface area (Å²) in [6, 6.07) is 5.57. The highest BCUT2D eigenvalue weighted by atomic mass is 19.4. The number of aromatic nitrogens is 2. The molecule has 0 aliphatic rings. The van der Waals surface area contributed by atoms with Crippen molar-refractivity contribution in [1.29, 1.82) is 0 Å². The highest BCUT2D eigenvalue weighted by molar-refractivity contribution is 5.80. The van der Waals surface area contributed by atoms with E-state index in [1.165, 1.54) is 6.42 Å². The zero-order chi connectivity index (χ0) is 24.7. The summed E-state index contributed by atoms with van der Waals surface area (Å²) >= 11 is 0. The van der Waals surface area contributed by atoms with E-state index in [1.54, 1.807) is 6.07 Å². The van der Waals surface area contributed by atoms with Crippen molar-refractivity contribution >= 4 is 11.0 Å². The van der Waals surface area contributed by atoms with E-state index in [-0.39, 0.29) is 11.1 Å². The zero-order valence-corrected chi connectivity index (χ0v) is 21.5. The second kappa shape index (κ2) is 11.7. The standard InChI is InChI=1S/C28H43F3N2/c1-7-10-12-13-14-19-26(4,5)24-25(28(29,30)31)32-22-17-15-16-21(23(22)33-24)27(6,18-9-3)20-11-8-2/h15-17H,7-14,18-20H2,1-6H3. The minimum Gasteiger partial charge on any atom is -0.248 e. The van der Waals surface area contributed by atoms with Crippen molar-refractivity contribution in [1.82, 2.24) is 9.97 Å². The van der Waals surface area contributed by atoms with Crippen LogP contribution in [-0.4, -0.2) is 9.97 Å². The first kappa shape index (κ1) is 27.6. The lowest BCUT2D eigenvalue weighted by Gasteiger charge is -2.32. The van der Waals surface area contributed by atoms with E-state index >= 15 is 0 Å². The number of halogens is 3. The van der Waals surface area contributed by atoms with Crippen LogP contribution in [0.2, 0.25) is 0 Å². The van der Waals surface area contributed by atoms with Gasteiger partial charge >= 0.3 is 6.18 Å². The lowest BCUT2D eigenvalue weighted by Crippen LogP contribution is -2.28. The van der Waals surface area contributed by atoms with Gasteiger partial charge in [-0.1, -0.05) is 105 Å². The van der Waals surface area contributed by atoms with Gasteiger partial charge < -0.3 is 0 Å². The van der Waals surface area contributed by atoms with Crippen LogP contribution in [0.3, 0.4) is 0 Å². The summed E-state index contributed by atoms with van der Waals surface area (Å²) in [6.45, 7) is 12.5. The van der Waals surface area contributed by atoms with Gasteiger partial charge in [-0.25, -0.2) is 9.97 Å². The van der Waals surface area contributed by atoms with Gasteiger partial charge in [-0.15, -0.1) is 0 Å². The molecule has 0 radical (unpaired) electrons. The smallest absolute Gasteiger partial charge is 0.248 e. The third kappa shape index (κ3) is 6.93. The molecule has 2 aromatic rings. The maximum atomic E-state index is 14.1. The number of hydrogen-bond acceptors (Lipinski definition) is 2. The van der Waals surface area contributed by atoms with Crippen LogP contribution in [0.25, 0.3) is 11.0 Å². The van der Waals surface area contributed by atoms with Crippen molar-refractivity contribution in [3.63, 3.8) is 0 Å². The predicted molar refractivity (Wildman–Crippen MR) is 133 cm³/mol. The van der Waals surface area contributed by atoms with Gasteiger partial charge in [-0.05, 0) is 36.3 Å². The average molecular weight is 465 g/mol. The van der Waals surface area contributed by atoms with Gasteiger partial charge in [0.05, 0.1) is 16.7 Å². The Morgan fingerprint density at radius 2 is 1.36 bits per heavy atom. The summed E-state index contributed by atoms with van der Waals surface area (Å²) in [6.07, 6.45) is 6.68. The first-order valence-electron chi connectivity index (χ1n) is 12.9. The summed E-state index contributed by atoms with van der Waals surface area (Å²) < 4.78 is 42.3. The third-order valence-corrected chi connectivity index (χ3v) is 7.04. The molecule has 0 spiro atoms. The van der Waals surface area contributed by atoms with Crippen LogP contribution in [0.15, 0.2) is 18.2 Å². The second-order valence-electron chi connectivity index (χ2n) is 10.6. The van der Waals surface area contributed by atoms with Gasteiger partial charge in [-0.2, -0.15) is 13.2 Å². The summed E-state index contributed by atoms with van der Waals surface area (Å²) in [5.74, 6) is 0. The Kier molecular flexibility index (Phi) is 9.75. The fraction of sp³-hybridized carbons (Fsp3) is 0.714. The Labute approximate surface area is 198 Å². The summed E-state index contributed by atoms with van der Waals surface area (Å²) in [5.41, 5.74) is 0.483. The molecule has 2 nitrogen and oxygen atoms in total. The number of para-hydroxylation sites is 1. The molecule has 5 heteroatoms. The van der Waals surface area contributed by atoms with Crippen molar-refractivity contribution in [3.05, 3.63) is 35.2 Å². The van der Waals surface area contributed by atoms with Gasteiger partial charge in [0.15, 0.2) is 5.69 Å². The molecule has 1 heterocycles. The lowest BCUT2D eigenvalue weighted by atomic mass is 9.74. The van der Waals surface area contributed by atoms with Gasteiger partial charge in [0.1, 0.15) is 0 Å². The van der Waals surface area contributed by atoms with E-state index in [9.17, 15) is 13.2 Å². The number of fused-ring (bicyclic) bond motifs is 1. The van der Waals surface area contributed by atoms with Crippen molar-refractivity contribution in [3.8, 4) is 0 Å². The molecule has 0 aliphatic carbocycles. The van der Waals surface area contributed by atoms with Crippen LogP contribution in [0.5, 0.6) is 0 Å². The van der Waals surface area contributed by atoms with Crippen LogP contribution in [0.1, 0.15) is 129 Å². The zero-order valence-electron chi connectivity index (χ0n) is 21.5. The molecule has 0 amide bonds.